The smallest absolute Gasteiger partial charge is 0.268 e. The fourth-order valence-electron chi connectivity index (χ4n) is 3.22. The van der Waals surface area contributed by atoms with Crippen LogP contribution < -0.4 is 10.5 Å². The van der Waals surface area contributed by atoms with Crippen LogP contribution in [0.25, 0.3) is 0 Å². The number of phenols is 2. The van der Waals surface area contributed by atoms with Crippen LogP contribution in [0.3, 0.4) is 0 Å². The maximum atomic E-state index is 13.0. The van der Waals surface area contributed by atoms with Crippen LogP contribution >= 0.6 is 0 Å². The molecule has 0 bridgehead atoms. The first kappa shape index (κ1) is 27.7. The van der Waals surface area contributed by atoms with Crippen molar-refractivity contribution in [2.24, 2.45) is 5.73 Å². The number of benzene rings is 1. The summed E-state index contributed by atoms with van der Waals surface area (Å²) in [5.41, 5.74) is 8.17. The molecule has 0 aliphatic heterocycles. The summed E-state index contributed by atoms with van der Waals surface area (Å²) in [6.45, 7) is 9.40. The number of carbonyl (C=O) groups is 1. The zero-order chi connectivity index (χ0) is 24.5. The van der Waals surface area contributed by atoms with Crippen LogP contribution in [0, 0.1) is 0 Å². The highest BCUT2D eigenvalue weighted by Gasteiger charge is 2.29. The number of amides is 1. The van der Waals surface area contributed by atoms with Gasteiger partial charge >= 0.3 is 0 Å². The largest absolute Gasteiger partial charge is 0.508 e. The Morgan fingerprint density at radius 3 is 2.41 bits per heavy atom. The van der Waals surface area contributed by atoms with Gasteiger partial charge in [-0.25, -0.2) is 13.1 Å². The minimum absolute atomic E-state index is 0.111. The molecule has 0 fully saturated rings. The van der Waals surface area contributed by atoms with E-state index in [0.717, 1.165) is 31.3 Å². The summed E-state index contributed by atoms with van der Waals surface area (Å²) in [7, 11) is -4.37. The summed E-state index contributed by atoms with van der Waals surface area (Å²) in [5, 5.41) is 21.4. The number of nitrogens with two attached hydrogens (primary N) is 1. The highest BCUT2D eigenvalue weighted by molar-refractivity contribution is 7.90. The molecular formula is C24H38N2O5S. The minimum atomic E-state index is -4.37. The van der Waals surface area contributed by atoms with Gasteiger partial charge in [-0.2, -0.15) is 0 Å². The van der Waals surface area contributed by atoms with E-state index in [2.05, 4.69) is 6.08 Å². The topological polar surface area (TPSA) is 130 Å². The van der Waals surface area contributed by atoms with Crippen LogP contribution in [0.15, 0.2) is 34.3 Å². The predicted molar refractivity (Wildman–Crippen MR) is 128 cm³/mol. The monoisotopic (exact) mass is 466 g/mol. The third-order valence-corrected chi connectivity index (χ3v) is 6.59. The van der Waals surface area contributed by atoms with E-state index >= 15 is 0 Å². The van der Waals surface area contributed by atoms with Crippen molar-refractivity contribution in [3.05, 3.63) is 40.5 Å². The van der Waals surface area contributed by atoms with Gasteiger partial charge in [0.15, 0.2) is 0 Å². The average Bonchev–Trinajstić information content (AvgIpc) is 2.66. The molecule has 7 nitrogen and oxygen atoms in total. The van der Waals surface area contributed by atoms with Crippen LogP contribution in [0.2, 0.25) is 0 Å². The lowest BCUT2D eigenvalue weighted by atomic mass is 10.00. The standard InChI is InChI=1S/C24H38N2O5S/c1-6-7-8-12-19-15-21(27)20(14-13-17(4)11-9-10-16(2)3)22(28)23(19)32(30,31)26-24(29)18(5)25/h10,13,15,18,27-28H,6-9,11-12,14,25H2,1-5H3,(H,26,29). The van der Waals surface area contributed by atoms with Gasteiger partial charge in [-0.15, -0.1) is 0 Å². The quantitative estimate of drug-likeness (QED) is 0.270. The molecule has 0 aromatic heterocycles. The maximum Gasteiger partial charge on any atom is 0.268 e. The lowest BCUT2D eigenvalue weighted by Crippen LogP contribution is -2.41. The number of aryl methyl sites for hydroxylation is 1. The molecule has 5 N–H and O–H groups in total. The molecule has 0 aliphatic rings. The second kappa shape index (κ2) is 12.6. The Bertz CT molecular complexity index is 959. The molecule has 1 amide bonds. The molecule has 1 rings (SSSR count). The van der Waals surface area contributed by atoms with Gasteiger partial charge in [0, 0.05) is 5.56 Å². The van der Waals surface area contributed by atoms with E-state index in [9.17, 15) is 23.4 Å². The van der Waals surface area contributed by atoms with Crippen molar-refractivity contribution in [3.63, 3.8) is 0 Å². The van der Waals surface area contributed by atoms with Crippen molar-refractivity contribution in [2.75, 3.05) is 0 Å². The van der Waals surface area contributed by atoms with Gasteiger partial charge in [0.1, 0.15) is 16.4 Å². The van der Waals surface area contributed by atoms with Gasteiger partial charge in [0.25, 0.3) is 10.0 Å². The molecule has 32 heavy (non-hydrogen) atoms. The number of phenolic OH excluding ortho intramolecular Hbond substituents is 2. The Morgan fingerprint density at radius 2 is 1.84 bits per heavy atom. The highest BCUT2D eigenvalue weighted by Crippen LogP contribution is 2.38. The van der Waals surface area contributed by atoms with Gasteiger partial charge in [-0.1, -0.05) is 43.1 Å². The molecule has 8 heteroatoms. The number of unbranched alkanes of at least 4 members (excludes halogenated alkanes) is 2. The Hall–Kier alpha value is -2.32. The molecule has 1 unspecified atom stereocenters. The molecular weight excluding hydrogens is 428 g/mol. The summed E-state index contributed by atoms with van der Waals surface area (Å²) in [6.07, 6.45) is 8.66. The third kappa shape index (κ3) is 8.31. The number of carbonyl (C=O) groups excluding carboxylic acids is 1. The lowest BCUT2D eigenvalue weighted by Gasteiger charge is -2.17. The molecule has 1 aromatic carbocycles. The minimum Gasteiger partial charge on any atom is -0.508 e. The molecule has 1 atom stereocenters. The summed E-state index contributed by atoms with van der Waals surface area (Å²) in [5.74, 6) is -1.57. The zero-order valence-corrected chi connectivity index (χ0v) is 20.7. The fraction of sp³-hybridized carbons (Fsp3) is 0.542. The van der Waals surface area contributed by atoms with Gasteiger partial charge < -0.3 is 15.9 Å². The van der Waals surface area contributed by atoms with E-state index in [1.54, 1.807) is 0 Å². The summed E-state index contributed by atoms with van der Waals surface area (Å²) in [4.78, 5) is 11.6. The SMILES string of the molecule is CCCCCc1cc(O)c(CC=C(C)CCC=C(C)C)c(O)c1S(=O)(=O)NC(=O)C(C)N. The second-order valence-electron chi connectivity index (χ2n) is 8.50. The molecule has 0 aliphatic carbocycles. The summed E-state index contributed by atoms with van der Waals surface area (Å²) < 4.78 is 27.9. The normalized spacial score (nSPS) is 13.0. The molecule has 1 aromatic rings. The molecule has 0 radical (unpaired) electrons. The van der Waals surface area contributed by atoms with Gasteiger partial charge in [0.2, 0.25) is 5.91 Å². The van der Waals surface area contributed by atoms with E-state index in [0.29, 0.717) is 12.8 Å². The van der Waals surface area contributed by atoms with Crippen molar-refractivity contribution in [1.29, 1.82) is 0 Å². The van der Waals surface area contributed by atoms with Crippen LogP contribution in [-0.2, 0) is 27.7 Å². The summed E-state index contributed by atoms with van der Waals surface area (Å²) in [6, 6.07) is 0.348. The molecule has 0 saturated carbocycles. The van der Waals surface area contributed by atoms with E-state index < -0.39 is 27.7 Å². The van der Waals surface area contributed by atoms with E-state index in [4.69, 9.17) is 5.73 Å². The number of aromatic hydroxyl groups is 2. The Balaban J connectivity index is 3.38. The first-order chi connectivity index (χ1) is 14.9. The lowest BCUT2D eigenvalue weighted by molar-refractivity contribution is -0.120. The van der Waals surface area contributed by atoms with Crippen LogP contribution in [0.4, 0.5) is 0 Å². The Labute approximate surface area is 192 Å². The molecule has 0 saturated heterocycles. The van der Waals surface area contributed by atoms with Gasteiger partial charge in [-0.05, 0) is 71.4 Å². The maximum absolute atomic E-state index is 13.0. The van der Waals surface area contributed by atoms with Crippen molar-refractivity contribution in [1.82, 2.24) is 4.72 Å². The molecule has 0 spiro atoms. The van der Waals surface area contributed by atoms with Crippen LogP contribution in [0.5, 0.6) is 11.5 Å². The number of hydrogen-bond donors (Lipinski definition) is 4. The van der Waals surface area contributed by atoms with Crippen LogP contribution in [-0.4, -0.2) is 30.6 Å². The number of allylic oxidation sites excluding steroid dienone is 4. The average molecular weight is 467 g/mol. The first-order valence-electron chi connectivity index (χ1n) is 11.1. The highest BCUT2D eigenvalue weighted by atomic mass is 32.2. The zero-order valence-electron chi connectivity index (χ0n) is 19.9. The fourth-order valence-corrected chi connectivity index (χ4v) is 4.66. The van der Waals surface area contributed by atoms with Gasteiger partial charge in [-0.3, -0.25) is 4.79 Å². The van der Waals surface area contributed by atoms with E-state index in [1.165, 1.54) is 18.6 Å². The van der Waals surface area contributed by atoms with Crippen molar-refractivity contribution < 1.29 is 23.4 Å². The van der Waals surface area contributed by atoms with E-state index in [1.807, 2.05) is 38.5 Å². The number of nitrogens with one attached hydrogen (secondary N) is 1. The first-order valence-corrected chi connectivity index (χ1v) is 12.6. The Kier molecular flexibility index (Phi) is 11.0. The number of sulfonamides is 1. The Morgan fingerprint density at radius 1 is 1.19 bits per heavy atom. The van der Waals surface area contributed by atoms with Crippen molar-refractivity contribution in [2.45, 2.75) is 90.5 Å². The molecule has 180 valence electrons. The third-order valence-electron chi connectivity index (χ3n) is 5.13. The summed E-state index contributed by atoms with van der Waals surface area (Å²) >= 11 is 0. The number of hydrogen-bond acceptors (Lipinski definition) is 6. The van der Waals surface area contributed by atoms with Crippen molar-refractivity contribution >= 4 is 15.9 Å². The predicted octanol–water partition coefficient (Wildman–Crippen LogP) is 4.22. The van der Waals surface area contributed by atoms with Gasteiger partial charge in [0.05, 0.1) is 6.04 Å². The second-order valence-corrected chi connectivity index (χ2v) is 10.1. The van der Waals surface area contributed by atoms with Crippen LogP contribution in [0.1, 0.15) is 77.8 Å². The number of rotatable bonds is 12. The molecule has 0 heterocycles. The van der Waals surface area contributed by atoms with Crippen molar-refractivity contribution in [3.8, 4) is 11.5 Å². The van der Waals surface area contributed by atoms with E-state index in [-0.39, 0.29) is 28.2 Å².